The van der Waals surface area contributed by atoms with Crippen LogP contribution in [0.25, 0.3) is 0 Å². The highest BCUT2D eigenvalue weighted by Gasteiger charge is 2.43. The van der Waals surface area contributed by atoms with Gasteiger partial charge in [-0.05, 0) is 71.8 Å². The third-order valence-electron chi connectivity index (χ3n) is 8.80. The number of nitrogens with one attached hydrogen (secondary N) is 1. The molecule has 53 heavy (non-hydrogen) atoms. The zero-order valence-corrected chi connectivity index (χ0v) is 29.6. The SMILES string of the molecule is COc1ccc(CS[C@H]2C[C@@H](C(=O)N3CC[C@@H](CN=C(N)NC(=O)OCc4ccc([N+](=O)[O-])cc4)C3)N(C(=O)OCc3ccc([N+](=O)[O-])cc3)C2)cc1. The van der Waals surface area contributed by atoms with E-state index in [-0.39, 0.29) is 54.2 Å². The number of amides is 3. The number of non-ortho nitro benzene ring substituents is 2. The summed E-state index contributed by atoms with van der Waals surface area (Å²) >= 11 is 1.65. The van der Waals surface area contributed by atoms with Crippen molar-refractivity contribution in [3.05, 3.63) is 110 Å². The van der Waals surface area contributed by atoms with Crippen LogP contribution in [-0.4, -0.2) is 88.3 Å². The van der Waals surface area contributed by atoms with Crippen molar-refractivity contribution >= 4 is 47.2 Å². The molecule has 280 valence electrons. The Morgan fingerprint density at radius 2 is 1.47 bits per heavy atom. The predicted molar refractivity (Wildman–Crippen MR) is 194 cm³/mol. The molecule has 2 fully saturated rings. The quantitative estimate of drug-likeness (QED) is 0.106. The van der Waals surface area contributed by atoms with Crippen LogP contribution >= 0.6 is 11.8 Å². The first-order chi connectivity index (χ1) is 25.5. The van der Waals surface area contributed by atoms with E-state index in [0.29, 0.717) is 49.4 Å². The van der Waals surface area contributed by atoms with Crippen LogP contribution in [0.4, 0.5) is 21.0 Å². The maximum absolute atomic E-state index is 13.9. The topological polar surface area (TPSA) is 222 Å². The van der Waals surface area contributed by atoms with Crippen molar-refractivity contribution in [1.29, 1.82) is 0 Å². The molecule has 3 amide bonds. The van der Waals surface area contributed by atoms with E-state index in [1.165, 1.54) is 53.4 Å². The highest BCUT2D eigenvalue weighted by atomic mass is 32.2. The summed E-state index contributed by atoms with van der Waals surface area (Å²) in [5, 5.41) is 24.1. The molecule has 3 aromatic rings. The molecule has 0 bridgehead atoms. The number of methoxy groups -OCH3 is 1. The monoisotopic (exact) mass is 749 g/mol. The predicted octanol–water partition coefficient (Wildman–Crippen LogP) is 4.61. The third kappa shape index (κ3) is 10.8. The average molecular weight is 750 g/mol. The molecule has 0 spiro atoms. The fraction of sp³-hybridized carbons (Fsp3) is 0.371. The normalized spacial score (nSPS) is 18.4. The van der Waals surface area contributed by atoms with Crippen LogP contribution in [-0.2, 0) is 33.2 Å². The molecule has 0 aliphatic carbocycles. The number of thioether (sulfide) groups is 1. The Labute approximate surface area is 308 Å². The standard InChI is InChI=1S/C35H39N7O10S/c1-50-29-12-6-25(7-13-29)22-53-30-16-31(40(19-30)35(45)52-21-24-4-10-28(11-5-24)42(48)49)32(43)39-15-14-26(18-39)17-37-33(36)38-34(44)51-20-23-2-8-27(9-3-23)41(46)47/h2-13,26,30-31H,14-22H2,1H3,(H3,36,37,38,44)/t26-,30-,31-/m0/s1. The van der Waals surface area contributed by atoms with Crippen LogP contribution in [0, 0.1) is 26.1 Å². The van der Waals surface area contributed by atoms with Crippen molar-refractivity contribution in [3.63, 3.8) is 0 Å². The van der Waals surface area contributed by atoms with Gasteiger partial charge >= 0.3 is 12.2 Å². The number of carbonyl (C=O) groups is 3. The lowest BCUT2D eigenvalue weighted by atomic mass is 10.1. The number of rotatable bonds is 13. The Balaban J connectivity index is 1.14. The summed E-state index contributed by atoms with van der Waals surface area (Å²) in [6.07, 6.45) is -0.409. The van der Waals surface area contributed by atoms with Gasteiger partial charge in [0.1, 0.15) is 25.0 Å². The van der Waals surface area contributed by atoms with Gasteiger partial charge in [0, 0.05) is 61.4 Å². The van der Waals surface area contributed by atoms with Gasteiger partial charge in [-0.15, -0.1) is 0 Å². The Kier molecular flexibility index (Phi) is 13.0. The first kappa shape index (κ1) is 38.3. The molecule has 3 N–H and O–H groups in total. The minimum absolute atomic E-state index is 0.0352. The van der Waals surface area contributed by atoms with E-state index in [0.717, 1.165) is 11.3 Å². The van der Waals surface area contributed by atoms with Crippen LogP contribution in [0.15, 0.2) is 77.8 Å². The van der Waals surface area contributed by atoms with Gasteiger partial charge in [0.15, 0.2) is 5.96 Å². The minimum Gasteiger partial charge on any atom is -0.497 e. The summed E-state index contributed by atoms with van der Waals surface area (Å²) in [6, 6.07) is 18.3. The minimum atomic E-state index is -0.839. The number of guanidine groups is 1. The van der Waals surface area contributed by atoms with Crippen molar-refractivity contribution in [2.75, 3.05) is 33.3 Å². The highest BCUT2D eigenvalue weighted by Crippen LogP contribution is 2.33. The number of aliphatic imine (C=N–C) groups is 1. The number of carbonyl (C=O) groups excluding carboxylic acids is 3. The average Bonchev–Trinajstić information content (AvgIpc) is 3.83. The van der Waals surface area contributed by atoms with Gasteiger partial charge in [0.2, 0.25) is 5.91 Å². The molecule has 5 rings (SSSR count). The van der Waals surface area contributed by atoms with Crippen molar-refractivity contribution < 1.29 is 38.4 Å². The van der Waals surface area contributed by atoms with E-state index in [4.69, 9.17) is 19.9 Å². The van der Waals surface area contributed by atoms with E-state index in [1.807, 2.05) is 24.3 Å². The molecule has 2 saturated heterocycles. The van der Waals surface area contributed by atoms with Gasteiger partial charge in [0.25, 0.3) is 11.4 Å². The molecule has 0 radical (unpaired) electrons. The van der Waals surface area contributed by atoms with Gasteiger partial charge < -0.3 is 24.8 Å². The largest absolute Gasteiger partial charge is 0.497 e. The molecule has 17 nitrogen and oxygen atoms in total. The van der Waals surface area contributed by atoms with E-state index in [9.17, 15) is 34.6 Å². The first-order valence-electron chi connectivity index (χ1n) is 16.7. The molecule has 0 unspecified atom stereocenters. The molecule has 2 aliphatic heterocycles. The summed E-state index contributed by atoms with van der Waals surface area (Å²) in [4.78, 5) is 67.7. The highest BCUT2D eigenvalue weighted by molar-refractivity contribution is 7.99. The number of nitro benzene ring substituents is 2. The Bertz CT molecular complexity index is 1810. The van der Waals surface area contributed by atoms with E-state index >= 15 is 0 Å². The fourth-order valence-corrected chi connectivity index (χ4v) is 7.10. The molecule has 2 heterocycles. The van der Waals surface area contributed by atoms with Crippen LogP contribution in [0.3, 0.4) is 0 Å². The summed E-state index contributed by atoms with van der Waals surface area (Å²) in [6.45, 7) is 1.15. The number of alkyl carbamates (subject to hydrolysis) is 1. The maximum atomic E-state index is 13.9. The van der Waals surface area contributed by atoms with Gasteiger partial charge in [-0.3, -0.25) is 40.2 Å². The Hall–Kier alpha value is -5.91. The van der Waals surface area contributed by atoms with Gasteiger partial charge in [-0.2, -0.15) is 11.8 Å². The van der Waals surface area contributed by atoms with Crippen molar-refractivity contribution in [3.8, 4) is 5.75 Å². The lowest BCUT2D eigenvalue weighted by molar-refractivity contribution is -0.385. The zero-order chi connectivity index (χ0) is 37.9. The summed E-state index contributed by atoms with van der Waals surface area (Å²) in [7, 11) is 1.60. The number of hydrogen-bond donors (Lipinski definition) is 2. The van der Waals surface area contributed by atoms with Gasteiger partial charge in [0.05, 0.1) is 17.0 Å². The third-order valence-corrected chi connectivity index (χ3v) is 10.1. The fourth-order valence-electron chi connectivity index (χ4n) is 5.89. The van der Waals surface area contributed by atoms with Crippen LogP contribution in [0.1, 0.15) is 29.5 Å². The number of ether oxygens (including phenoxy) is 3. The molecule has 2 aliphatic rings. The second-order valence-electron chi connectivity index (χ2n) is 12.5. The van der Waals surface area contributed by atoms with Crippen molar-refractivity contribution in [2.45, 2.75) is 43.1 Å². The number of likely N-dealkylation sites (tertiary alicyclic amines) is 2. The Morgan fingerprint density at radius 1 is 0.887 bits per heavy atom. The second-order valence-corrected chi connectivity index (χ2v) is 13.7. The summed E-state index contributed by atoms with van der Waals surface area (Å²) in [5.74, 6) is 1.03. The number of nitro groups is 2. The van der Waals surface area contributed by atoms with E-state index in [1.54, 1.807) is 23.8 Å². The van der Waals surface area contributed by atoms with E-state index < -0.39 is 28.1 Å². The van der Waals surface area contributed by atoms with Crippen molar-refractivity contribution in [1.82, 2.24) is 15.1 Å². The van der Waals surface area contributed by atoms with Gasteiger partial charge in [-0.25, -0.2) is 9.59 Å². The molecule has 0 saturated carbocycles. The van der Waals surface area contributed by atoms with Crippen LogP contribution in [0.2, 0.25) is 0 Å². The molecular weight excluding hydrogens is 710 g/mol. The molecule has 3 atom stereocenters. The maximum Gasteiger partial charge on any atom is 0.414 e. The lowest BCUT2D eigenvalue weighted by Gasteiger charge is -2.27. The molecule has 18 heteroatoms. The van der Waals surface area contributed by atoms with Crippen LogP contribution in [0.5, 0.6) is 5.75 Å². The molecule has 3 aromatic carbocycles. The zero-order valence-electron chi connectivity index (χ0n) is 28.8. The van der Waals surface area contributed by atoms with Gasteiger partial charge in [-0.1, -0.05) is 12.1 Å². The number of nitrogens with zero attached hydrogens (tertiary/aromatic N) is 5. The first-order valence-corrected chi connectivity index (χ1v) is 17.7. The smallest absolute Gasteiger partial charge is 0.414 e. The second kappa shape index (κ2) is 18.0. The Morgan fingerprint density at radius 3 is 2.06 bits per heavy atom. The number of benzene rings is 3. The number of nitrogens with two attached hydrogens (primary N) is 1. The van der Waals surface area contributed by atoms with Crippen molar-refractivity contribution in [2.24, 2.45) is 16.6 Å². The molecule has 0 aromatic heterocycles. The molecular formula is C35H39N7O10S. The summed E-state index contributed by atoms with van der Waals surface area (Å²) in [5.41, 5.74) is 7.95. The lowest BCUT2D eigenvalue weighted by Crippen LogP contribution is -2.47. The number of hydrogen-bond acceptors (Lipinski definition) is 12. The van der Waals surface area contributed by atoms with E-state index in [2.05, 4.69) is 10.3 Å². The van der Waals surface area contributed by atoms with Crippen LogP contribution < -0.4 is 15.8 Å². The summed E-state index contributed by atoms with van der Waals surface area (Å²) < 4.78 is 15.9.